The zero-order valence-corrected chi connectivity index (χ0v) is 12.8. The van der Waals surface area contributed by atoms with Crippen molar-refractivity contribution in [1.29, 1.82) is 0 Å². The Bertz CT molecular complexity index is 604. The number of carbonyl (C=O) groups is 1. The number of aryl methyl sites for hydroxylation is 1. The smallest absolute Gasteiger partial charge is 0.227 e. The molecule has 0 saturated carbocycles. The van der Waals surface area contributed by atoms with Crippen molar-refractivity contribution in [3.05, 3.63) is 23.8 Å². The lowest BCUT2D eigenvalue weighted by atomic mass is 10.0. The number of carbonyl (C=O) groups excluding carboxylic acids is 1. The minimum absolute atomic E-state index is 0.00798. The molecule has 5 heteroatoms. The molecule has 1 aliphatic heterocycles. The molecule has 20 heavy (non-hydrogen) atoms. The largest absolute Gasteiger partial charge is 0.326 e. The predicted molar refractivity (Wildman–Crippen MR) is 79.5 cm³/mol. The Hall–Kier alpha value is -1.36. The fourth-order valence-electron chi connectivity index (χ4n) is 2.62. The number of rotatable bonds is 4. The van der Waals surface area contributed by atoms with Crippen LogP contribution in [0.15, 0.2) is 23.1 Å². The van der Waals surface area contributed by atoms with Gasteiger partial charge in [-0.3, -0.25) is 4.79 Å². The Morgan fingerprint density at radius 1 is 1.30 bits per heavy atom. The average molecular weight is 295 g/mol. The van der Waals surface area contributed by atoms with Gasteiger partial charge in [-0.15, -0.1) is 0 Å². The van der Waals surface area contributed by atoms with Gasteiger partial charge in [0.15, 0.2) is 9.84 Å². The van der Waals surface area contributed by atoms with Gasteiger partial charge in [-0.2, -0.15) is 0 Å². The first-order valence-electron chi connectivity index (χ1n) is 7.14. The molecule has 0 aliphatic carbocycles. The van der Waals surface area contributed by atoms with E-state index < -0.39 is 9.84 Å². The van der Waals surface area contributed by atoms with Crippen LogP contribution in [0.2, 0.25) is 0 Å². The fourth-order valence-corrected chi connectivity index (χ4v) is 4.20. The van der Waals surface area contributed by atoms with Crippen molar-refractivity contribution >= 4 is 21.4 Å². The second kappa shape index (κ2) is 5.95. The molecule has 0 spiro atoms. The van der Waals surface area contributed by atoms with E-state index in [4.69, 9.17) is 0 Å². The number of anilines is 1. The second-order valence-electron chi connectivity index (χ2n) is 5.25. The maximum atomic E-state index is 12.0. The molecule has 110 valence electrons. The normalized spacial score (nSPS) is 16.8. The molecule has 1 aromatic rings. The van der Waals surface area contributed by atoms with Crippen LogP contribution in [-0.4, -0.2) is 20.1 Å². The highest BCUT2D eigenvalue weighted by molar-refractivity contribution is 7.91. The van der Waals surface area contributed by atoms with Gasteiger partial charge >= 0.3 is 0 Å². The van der Waals surface area contributed by atoms with E-state index in [9.17, 15) is 13.2 Å². The van der Waals surface area contributed by atoms with E-state index in [0.29, 0.717) is 17.0 Å². The third-order valence-electron chi connectivity index (χ3n) is 3.88. The van der Waals surface area contributed by atoms with Gasteiger partial charge in [0.05, 0.1) is 10.6 Å². The van der Waals surface area contributed by atoms with Gasteiger partial charge in [0, 0.05) is 11.6 Å². The lowest BCUT2D eigenvalue weighted by Gasteiger charge is -2.18. The van der Waals surface area contributed by atoms with E-state index in [-0.39, 0.29) is 17.6 Å². The Morgan fingerprint density at radius 3 is 2.65 bits per heavy atom. The molecule has 1 aromatic carbocycles. The maximum absolute atomic E-state index is 12.0. The third kappa shape index (κ3) is 3.03. The molecule has 0 saturated heterocycles. The van der Waals surface area contributed by atoms with E-state index >= 15 is 0 Å². The molecule has 0 radical (unpaired) electrons. The van der Waals surface area contributed by atoms with Crippen molar-refractivity contribution in [2.45, 2.75) is 44.4 Å². The van der Waals surface area contributed by atoms with Gasteiger partial charge in [0.1, 0.15) is 0 Å². The maximum Gasteiger partial charge on any atom is 0.227 e. The molecule has 0 atom stereocenters. The minimum Gasteiger partial charge on any atom is -0.326 e. The summed E-state index contributed by atoms with van der Waals surface area (Å²) in [6.45, 7) is 3.99. The highest BCUT2D eigenvalue weighted by atomic mass is 32.2. The molecule has 1 heterocycles. The highest BCUT2D eigenvalue weighted by Crippen LogP contribution is 2.27. The fraction of sp³-hybridized carbons (Fsp3) is 0.533. The molecule has 1 amide bonds. The van der Waals surface area contributed by atoms with E-state index in [2.05, 4.69) is 5.32 Å². The average Bonchev–Trinajstić information content (AvgIpc) is 2.39. The molecule has 4 nitrogen and oxygen atoms in total. The van der Waals surface area contributed by atoms with E-state index in [1.165, 1.54) is 0 Å². The molecule has 1 N–H and O–H groups in total. The zero-order valence-electron chi connectivity index (χ0n) is 12.0. The van der Waals surface area contributed by atoms with Gasteiger partial charge in [-0.25, -0.2) is 8.42 Å². The van der Waals surface area contributed by atoms with E-state index in [1.54, 1.807) is 18.2 Å². The van der Waals surface area contributed by atoms with E-state index in [0.717, 1.165) is 24.8 Å². The molecule has 1 aliphatic rings. The Kier molecular flexibility index (Phi) is 4.48. The summed E-state index contributed by atoms with van der Waals surface area (Å²) < 4.78 is 23.8. The first-order chi connectivity index (χ1) is 9.47. The Morgan fingerprint density at radius 2 is 2.00 bits per heavy atom. The number of fused-ring (bicyclic) bond motifs is 1. The summed E-state index contributed by atoms with van der Waals surface area (Å²) in [5.41, 5.74) is 1.51. The van der Waals surface area contributed by atoms with Crippen molar-refractivity contribution < 1.29 is 13.2 Å². The van der Waals surface area contributed by atoms with Gasteiger partial charge in [-0.1, -0.05) is 13.8 Å². The van der Waals surface area contributed by atoms with Crippen LogP contribution in [0.4, 0.5) is 5.69 Å². The monoisotopic (exact) mass is 295 g/mol. The Balaban J connectivity index is 2.22. The summed E-state index contributed by atoms with van der Waals surface area (Å²) in [7, 11) is -3.13. The quantitative estimate of drug-likeness (QED) is 0.929. The van der Waals surface area contributed by atoms with Crippen LogP contribution < -0.4 is 5.32 Å². The van der Waals surface area contributed by atoms with Crippen molar-refractivity contribution in [3.63, 3.8) is 0 Å². The lowest BCUT2D eigenvalue weighted by molar-refractivity contribution is -0.120. The minimum atomic E-state index is -3.13. The number of hydrogen-bond acceptors (Lipinski definition) is 3. The standard InChI is InChI=1S/C15H21NO3S/c1-3-11(4-2)15(17)16-13-7-8-14-12(10-13)6-5-9-20(14,18)19/h7-8,10-11H,3-6,9H2,1-2H3,(H,16,17). The van der Waals surface area contributed by atoms with Crippen LogP contribution in [0.5, 0.6) is 0 Å². The van der Waals surface area contributed by atoms with Crippen molar-refractivity contribution in [3.8, 4) is 0 Å². The molecule has 2 rings (SSSR count). The summed E-state index contributed by atoms with van der Waals surface area (Å²) in [6, 6.07) is 5.10. The Labute approximate surface area is 120 Å². The number of nitrogens with one attached hydrogen (secondary N) is 1. The summed E-state index contributed by atoms with van der Waals surface area (Å²) in [5.74, 6) is 0.239. The summed E-state index contributed by atoms with van der Waals surface area (Å²) in [4.78, 5) is 12.5. The molecule has 0 bridgehead atoms. The van der Waals surface area contributed by atoms with Gasteiger partial charge < -0.3 is 5.32 Å². The van der Waals surface area contributed by atoms with E-state index in [1.807, 2.05) is 13.8 Å². The molecule has 0 unspecified atom stereocenters. The van der Waals surface area contributed by atoms with Crippen molar-refractivity contribution in [1.82, 2.24) is 0 Å². The van der Waals surface area contributed by atoms with Crippen LogP contribution >= 0.6 is 0 Å². The number of benzene rings is 1. The van der Waals surface area contributed by atoms with Crippen LogP contribution in [0.1, 0.15) is 38.7 Å². The van der Waals surface area contributed by atoms with Gasteiger partial charge in [0.25, 0.3) is 0 Å². The third-order valence-corrected chi connectivity index (χ3v) is 5.77. The van der Waals surface area contributed by atoms with Crippen molar-refractivity contribution in [2.75, 3.05) is 11.1 Å². The SMILES string of the molecule is CCC(CC)C(=O)Nc1ccc2c(c1)CCCS2(=O)=O. The second-order valence-corrected chi connectivity index (χ2v) is 7.33. The molecular weight excluding hydrogens is 274 g/mol. The lowest BCUT2D eigenvalue weighted by Crippen LogP contribution is -2.22. The highest BCUT2D eigenvalue weighted by Gasteiger charge is 2.24. The van der Waals surface area contributed by atoms with Crippen LogP contribution in [0, 0.1) is 5.92 Å². The van der Waals surface area contributed by atoms with Crippen LogP contribution in [0.3, 0.4) is 0 Å². The molecule has 0 fully saturated rings. The molecule has 0 aromatic heterocycles. The summed E-state index contributed by atoms with van der Waals surface area (Å²) in [5, 5.41) is 2.89. The van der Waals surface area contributed by atoms with Crippen LogP contribution in [0.25, 0.3) is 0 Å². The topological polar surface area (TPSA) is 63.2 Å². The number of hydrogen-bond donors (Lipinski definition) is 1. The van der Waals surface area contributed by atoms with Crippen molar-refractivity contribution in [2.24, 2.45) is 5.92 Å². The predicted octanol–water partition coefficient (Wildman–Crippen LogP) is 2.78. The number of amides is 1. The summed E-state index contributed by atoms with van der Waals surface area (Å²) >= 11 is 0. The zero-order chi connectivity index (χ0) is 14.8. The first-order valence-corrected chi connectivity index (χ1v) is 8.79. The summed E-state index contributed by atoms with van der Waals surface area (Å²) in [6.07, 6.45) is 3.02. The van der Waals surface area contributed by atoms with Gasteiger partial charge in [0.2, 0.25) is 5.91 Å². The van der Waals surface area contributed by atoms with Gasteiger partial charge in [-0.05, 0) is 49.4 Å². The van der Waals surface area contributed by atoms with Crippen LogP contribution in [-0.2, 0) is 21.1 Å². The first kappa shape index (κ1) is 15.0. The number of sulfone groups is 1. The molecular formula is C15H21NO3S.